The second-order valence-corrected chi connectivity index (χ2v) is 5.26. The molecule has 1 nitrogen and oxygen atoms in total. The maximum atomic E-state index is 11.3. The van der Waals surface area contributed by atoms with E-state index in [4.69, 9.17) is 0 Å². The second-order valence-electron chi connectivity index (χ2n) is 5.26. The molecule has 1 unspecified atom stereocenters. The summed E-state index contributed by atoms with van der Waals surface area (Å²) in [6.45, 7) is 14.2. The molecule has 0 spiro atoms. The lowest BCUT2D eigenvalue weighted by molar-refractivity contribution is -0.125. The molecule has 0 saturated heterocycles. The van der Waals surface area contributed by atoms with Crippen LogP contribution in [-0.4, -0.2) is 5.78 Å². The van der Waals surface area contributed by atoms with Crippen LogP contribution in [0.5, 0.6) is 0 Å². The number of hydrogen-bond donors (Lipinski definition) is 0. The molecule has 20 heavy (non-hydrogen) atoms. The topological polar surface area (TPSA) is 17.1 Å². The molecule has 0 aromatic heterocycles. The summed E-state index contributed by atoms with van der Waals surface area (Å²) >= 11 is 0. The van der Waals surface area contributed by atoms with E-state index in [-0.39, 0.29) is 11.8 Å². The van der Waals surface area contributed by atoms with E-state index >= 15 is 0 Å². The zero-order valence-electron chi connectivity index (χ0n) is 14.6. The Bertz CT molecular complexity index is 314. The first-order valence-electron chi connectivity index (χ1n) is 8.04. The van der Waals surface area contributed by atoms with E-state index in [9.17, 15) is 4.79 Å². The van der Waals surface area contributed by atoms with Gasteiger partial charge in [-0.15, -0.1) is 0 Å². The number of ketones is 1. The van der Waals surface area contributed by atoms with Gasteiger partial charge in [-0.1, -0.05) is 90.3 Å². The van der Waals surface area contributed by atoms with Gasteiger partial charge >= 0.3 is 0 Å². The fourth-order valence-electron chi connectivity index (χ4n) is 1.76. The molecule has 0 aliphatic carbocycles. The number of carbonyl (C=O) groups excluding carboxylic acids is 1. The third-order valence-corrected chi connectivity index (χ3v) is 2.99. The summed E-state index contributed by atoms with van der Waals surface area (Å²) in [4.78, 5) is 11.3. The Hall–Kier alpha value is -1.11. The molecule has 0 fully saturated rings. The summed E-state index contributed by atoms with van der Waals surface area (Å²) in [5.74, 6) is 0.898. The van der Waals surface area contributed by atoms with Crippen LogP contribution in [0.2, 0.25) is 0 Å². The first-order valence-corrected chi connectivity index (χ1v) is 8.04. The van der Waals surface area contributed by atoms with Crippen LogP contribution in [0.4, 0.5) is 0 Å². The smallest absolute Gasteiger partial charge is 0.138 e. The molecule has 1 aromatic rings. The number of benzene rings is 1. The van der Waals surface area contributed by atoms with Crippen molar-refractivity contribution in [3.05, 3.63) is 35.9 Å². The molecule has 1 atom stereocenters. The van der Waals surface area contributed by atoms with E-state index in [1.165, 1.54) is 18.4 Å². The van der Waals surface area contributed by atoms with Crippen LogP contribution in [-0.2, 0) is 4.79 Å². The fourth-order valence-corrected chi connectivity index (χ4v) is 1.76. The van der Waals surface area contributed by atoms with Gasteiger partial charge < -0.3 is 0 Å². The van der Waals surface area contributed by atoms with E-state index in [1.54, 1.807) is 0 Å². The molecule has 1 aromatic carbocycles. The fraction of sp³-hybridized carbons (Fsp3) is 0.632. The highest BCUT2D eigenvalue weighted by Crippen LogP contribution is 2.13. The summed E-state index contributed by atoms with van der Waals surface area (Å²) in [5.41, 5.74) is 1.32. The average Bonchev–Trinajstić information content (AvgIpc) is 2.47. The van der Waals surface area contributed by atoms with Crippen LogP contribution < -0.4 is 0 Å². The van der Waals surface area contributed by atoms with Gasteiger partial charge in [-0.25, -0.2) is 0 Å². The summed E-state index contributed by atoms with van der Waals surface area (Å²) in [6.07, 6.45) is 3.43. The molecule has 0 N–H and O–H groups in total. The number of Topliss-reactive ketones (excluding diaryl/α,β-unsaturated/α-hetero) is 1. The molecule has 0 heterocycles. The third kappa shape index (κ3) is 12.0. The molecule has 0 aliphatic rings. The van der Waals surface area contributed by atoms with Gasteiger partial charge in [0.25, 0.3) is 0 Å². The standard InChI is InChI=1S/C10H20O.C7H8.C2H6/c1-5-6-7-9(4)10(11)8(2)3;1-7-5-3-2-4-6-7;1-2/h8-9H,5-7H2,1-4H3;2-6H,1H3;1-2H3. The number of rotatable bonds is 5. The highest BCUT2D eigenvalue weighted by Gasteiger charge is 2.14. The van der Waals surface area contributed by atoms with Gasteiger partial charge in [0.1, 0.15) is 5.78 Å². The molecule has 1 heteroatoms. The zero-order valence-corrected chi connectivity index (χ0v) is 14.6. The molecule has 0 amide bonds. The van der Waals surface area contributed by atoms with Gasteiger partial charge in [0.2, 0.25) is 0 Å². The lowest BCUT2D eigenvalue weighted by atomic mass is 9.93. The van der Waals surface area contributed by atoms with Crippen molar-refractivity contribution >= 4 is 5.78 Å². The van der Waals surface area contributed by atoms with Crippen molar-refractivity contribution in [2.45, 2.75) is 67.7 Å². The Morgan fingerprint density at radius 1 is 1.05 bits per heavy atom. The summed E-state index contributed by atoms with van der Waals surface area (Å²) < 4.78 is 0. The van der Waals surface area contributed by atoms with Gasteiger partial charge in [-0.3, -0.25) is 4.79 Å². The Labute approximate surface area is 126 Å². The number of carbonyl (C=O) groups is 1. The molecule has 0 bridgehead atoms. The van der Waals surface area contributed by atoms with Gasteiger partial charge in [0, 0.05) is 11.8 Å². The van der Waals surface area contributed by atoms with E-state index in [0.29, 0.717) is 5.78 Å². The van der Waals surface area contributed by atoms with Gasteiger partial charge in [0.05, 0.1) is 0 Å². The van der Waals surface area contributed by atoms with Crippen molar-refractivity contribution in [3.8, 4) is 0 Å². The van der Waals surface area contributed by atoms with Crippen molar-refractivity contribution in [2.24, 2.45) is 11.8 Å². The van der Waals surface area contributed by atoms with Crippen LogP contribution in [0.15, 0.2) is 30.3 Å². The summed E-state index contributed by atoms with van der Waals surface area (Å²) in [6, 6.07) is 10.3. The molecule has 0 saturated carbocycles. The van der Waals surface area contributed by atoms with Crippen LogP contribution in [0.1, 0.15) is 66.4 Å². The summed E-state index contributed by atoms with van der Waals surface area (Å²) in [7, 11) is 0. The van der Waals surface area contributed by atoms with Crippen molar-refractivity contribution in [1.82, 2.24) is 0 Å². The largest absolute Gasteiger partial charge is 0.299 e. The maximum Gasteiger partial charge on any atom is 0.138 e. The predicted molar refractivity (Wildman–Crippen MR) is 91.1 cm³/mol. The lowest BCUT2D eigenvalue weighted by Gasteiger charge is -2.11. The van der Waals surface area contributed by atoms with Crippen LogP contribution in [0.25, 0.3) is 0 Å². The van der Waals surface area contributed by atoms with E-state index < -0.39 is 0 Å². The monoisotopic (exact) mass is 278 g/mol. The summed E-state index contributed by atoms with van der Waals surface area (Å²) in [5, 5.41) is 0. The normalized spacial score (nSPS) is 10.8. The van der Waals surface area contributed by atoms with Crippen LogP contribution in [0.3, 0.4) is 0 Å². The highest BCUT2D eigenvalue weighted by molar-refractivity contribution is 5.82. The van der Waals surface area contributed by atoms with Gasteiger partial charge in [0.15, 0.2) is 0 Å². The molecular weight excluding hydrogens is 244 g/mol. The average molecular weight is 278 g/mol. The second kappa shape index (κ2) is 14.3. The molecule has 116 valence electrons. The van der Waals surface area contributed by atoms with Crippen molar-refractivity contribution in [1.29, 1.82) is 0 Å². The Kier molecular flexibility index (Phi) is 15.2. The number of aryl methyl sites for hydroxylation is 1. The molecule has 0 aliphatic heterocycles. The first kappa shape index (κ1) is 21.2. The van der Waals surface area contributed by atoms with Gasteiger partial charge in [-0.2, -0.15) is 0 Å². The first-order chi connectivity index (χ1) is 9.49. The Morgan fingerprint density at radius 2 is 1.55 bits per heavy atom. The Morgan fingerprint density at radius 3 is 1.85 bits per heavy atom. The zero-order chi connectivity index (χ0) is 16.0. The van der Waals surface area contributed by atoms with E-state index in [0.717, 1.165) is 6.42 Å². The predicted octanol–water partition coefficient (Wildman–Crippen LogP) is 6.06. The van der Waals surface area contributed by atoms with Crippen LogP contribution in [0, 0.1) is 18.8 Å². The van der Waals surface area contributed by atoms with Crippen LogP contribution >= 0.6 is 0 Å². The molecular formula is C19H34O. The Balaban J connectivity index is 0. The quantitative estimate of drug-likeness (QED) is 0.640. The van der Waals surface area contributed by atoms with Crippen molar-refractivity contribution in [2.75, 3.05) is 0 Å². The van der Waals surface area contributed by atoms with Gasteiger partial charge in [-0.05, 0) is 13.3 Å². The number of unbranched alkanes of at least 4 members (excludes halogenated alkanes) is 1. The number of hydrogen-bond acceptors (Lipinski definition) is 1. The minimum absolute atomic E-state index is 0.210. The SMILES string of the molecule is CC.CCCCC(C)C(=O)C(C)C.Cc1ccccc1. The van der Waals surface area contributed by atoms with Crippen molar-refractivity contribution in [3.63, 3.8) is 0 Å². The third-order valence-electron chi connectivity index (χ3n) is 2.99. The molecule has 0 radical (unpaired) electrons. The van der Waals surface area contributed by atoms with E-state index in [1.807, 2.05) is 52.8 Å². The molecule has 1 rings (SSSR count). The van der Waals surface area contributed by atoms with Crippen molar-refractivity contribution < 1.29 is 4.79 Å². The van der Waals surface area contributed by atoms with E-state index in [2.05, 4.69) is 26.0 Å². The maximum absolute atomic E-state index is 11.3. The lowest BCUT2D eigenvalue weighted by Crippen LogP contribution is -2.16. The minimum Gasteiger partial charge on any atom is -0.299 e. The highest BCUT2D eigenvalue weighted by atomic mass is 16.1. The minimum atomic E-state index is 0.210.